The summed E-state index contributed by atoms with van der Waals surface area (Å²) in [7, 11) is 0. The number of hydrogen-bond acceptors (Lipinski definition) is 7. The summed E-state index contributed by atoms with van der Waals surface area (Å²) in [4.78, 5) is 3.34. The van der Waals surface area contributed by atoms with E-state index in [0.717, 1.165) is 52.5 Å². The second kappa shape index (κ2) is 9.08. The molecule has 1 saturated heterocycles. The average Bonchev–Trinajstić information content (AvgIpc) is 3.66. The molecule has 1 aliphatic heterocycles. The van der Waals surface area contributed by atoms with Crippen molar-refractivity contribution in [2.24, 2.45) is 0 Å². The molecule has 0 saturated carbocycles. The van der Waals surface area contributed by atoms with Crippen molar-refractivity contribution in [3.8, 4) is 22.8 Å². The maximum absolute atomic E-state index is 5.93. The van der Waals surface area contributed by atoms with Gasteiger partial charge in [0.15, 0.2) is 11.0 Å². The Morgan fingerprint density at radius 2 is 1.94 bits per heavy atom. The number of para-hydroxylation sites is 1. The fraction of sp³-hybridized carbons (Fsp3) is 0.280. The minimum atomic E-state index is 0.163. The number of aromatic amines is 1. The molecule has 1 aliphatic rings. The molecule has 1 unspecified atom stereocenters. The van der Waals surface area contributed by atoms with E-state index >= 15 is 0 Å². The minimum Gasteiger partial charge on any atom is -0.420 e. The van der Waals surface area contributed by atoms with Crippen LogP contribution in [0.4, 0.5) is 0 Å². The van der Waals surface area contributed by atoms with E-state index in [2.05, 4.69) is 49.0 Å². The van der Waals surface area contributed by atoms with Gasteiger partial charge in [-0.2, -0.15) is 0 Å². The number of benzene rings is 2. The molecule has 9 heteroatoms. The molecular formula is C25H24N6O2S. The predicted octanol–water partition coefficient (Wildman–Crippen LogP) is 5.26. The molecule has 3 aromatic heterocycles. The van der Waals surface area contributed by atoms with E-state index in [9.17, 15) is 0 Å². The van der Waals surface area contributed by atoms with Gasteiger partial charge in [-0.3, -0.25) is 4.57 Å². The Kier molecular flexibility index (Phi) is 5.64. The number of nitrogens with one attached hydrogen (secondary N) is 1. The van der Waals surface area contributed by atoms with Crippen molar-refractivity contribution in [3.63, 3.8) is 0 Å². The van der Waals surface area contributed by atoms with Crippen molar-refractivity contribution in [2.45, 2.75) is 43.3 Å². The first-order valence-corrected chi connectivity index (χ1v) is 12.4. The topological polar surface area (TPSA) is 94.7 Å². The molecule has 172 valence electrons. The Morgan fingerprint density at radius 3 is 2.79 bits per heavy atom. The first-order valence-electron chi connectivity index (χ1n) is 11.4. The van der Waals surface area contributed by atoms with Gasteiger partial charge in [-0.15, -0.1) is 20.4 Å². The Balaban J connectivity index is 1.27. The van der Waals surface area contributed by atoms with Gasteiger partial charge in [-0.1, -0.05) is 47.7 Å². The molecule has 0 aliphatic carbocycles. The Bertz CT molecular complexity index is 1420. The summed E-state index contributed by atoms with van der Waals surface area (Å²) in [5, 5.41) is 19.5. The number of ether oxygens (including phenoxy) is 1. The van der Waals surface area contributed by atoms with E-state index in [-0.39, 0.29) is 6.10 Å². The van der Waals surface area contributed by atoms with Crippen molar-refractivity contribution in [1.29, 1.82) is 0 Å². The van der Waals surface area contributed by atoms with Gasteiger partial charge in [0.2, 0.25) is 11.8 Å². The highest BCUT2D eigenvalue weighted by atomic mass is 32.2. The molecule has 5 aromatic rings. The number of fused-ring (bicyclic) bond motifs is 1. The first kappa shape index (κ1) is 21.1. The second-order valence-corrected chi connectivity index (χ2v) is 9.40. The Hall–Kier alpha value is -3.43. The number of hydrogen-bond donors (Lipinski definition) is 1. The van der Waals surface area contributed by atoms with E-state index in [0.29, 0.717) is 24.1 Å². The van der Waals surface area contributed by atoms with Crippen molar-refractivity contribution in [2.75, 3.05) is 6.61 Å². The number of aromatic nitrogens is 6. The van der Waals surface area contributed by atoms with Gasteiger partial charge in [0, 0.05) is 34.8 Å². The summed E-state index contributed by atoms with van der Waals surface area (Å²) >= 11 is 1.55. The normalized spacial score (nSPS) is 16.0. The van der Waals surface area contributed by atoms with Crippen LogP contribution >= 0.6 is 11.8 Å². The van der Waals surface area contributed by atoms with Gasteiger partial charge in [0.1, 0.15) is 0 Å². The van der Waals surface area contributed by atoms with Gasteiger partial charge >= 0.3 is 0 Å². The van der Waals surface area contributed by atoms with Crippen LogP contribution in [0.25, 0.3) is 33.7 Å². The molecule has 0 amide bonds. The third kappa shape index (κ3) is 4.12. The molecule has 1 N–H and O–H groups in total. The molecule has 4 heterocycles. The van der Waals surface area contributed by atoms with Crippen LogP contribution in [0.5, 0.6) is 0 Å². The average molecular weight is 473 g/mol. The molecule has 8 nitrogen and oxygen atoms in total. The molecule has 0 bridgehead atoms. The van der Waals surface area contributed by atoms with Gasteiger partial charge in [0.25, 0.3) is 0 Å². The van der Waals surface area contributed by atoms with Crippen molar-refractivity contribution in [3.05, 3.63) is 66.2 Å². The second-order valence-electron chi connectivity index (χ2n) is 8.46. The lowest BCUT2D eigenvalue weighted by molar-refractivity contribution is 0.0953. The Labute approximate surface area is 200 Å². The van der Waals surface area contributed by atoms with Crippen molar-refractivity contribution < 1.29 is 9.15 Å². The van der Waals surface area contributed by atoms with Gasteiger partial charge in [-0.05, 0) is 38.0 Å². The van der Waals surface area contributed by atoms with Crippen LogP contribution < -0.4 is 0 Å². The van der Waals surface area contributed by atoms with Crippen LogP contribution in [0.3, 0.4) is 0 Å². The SMILES string of the molecule is Cc1ccc(-c2nnc(CSc3nnc(-c4c[nH]c5ccccc45)n3CC3CCCO3)o2)cc1. The molecule has 34 heavy (non-hydrogen) atoms. The highest BCUT2D eigenvalue weighted by Crippen LogP contribution is 2.32. The maximum atomic E-state index is 5.93. The fourth-order valence-electron chi connectivity index (χ4n) is 4.26. The standard InChI is InChI=1S/C25H24N6O2S/c1-16-8-10-17(11-9-16)24-29-27-22(33-24)15-34-25-30-28-23(31(25)14-18-5-4-12-32-18)20-13-26-21-7-3-2-6-19(20)21/h2-3,6-11,13,18,26H,4-5,12,14-15H2,1H3. The van der Waals surface area contributed by atoms with Crippen LogP contribution in [0.1, 0.15) is 24.3 Å². The number of aryl methyl sites for hydroxylation is 1. The molecule has 0 spiro atoms. The third-order valence-corrected chi connectivity index (χ3v) is 7.00. The molecule has 6 rings (SSSR count). The van der Waals surface area contributed by atoms with Crippen LogP contribution in [0.2, 0.25) is 0 Å². The van der Waals surface area contributed by atoms with Crippen LogP contribution in [0.15, 0.2) is 64.3 Å². The van der Waals surface area contributed by atoms with E-state index in [4.69, 9.17) is 9.15 Å². The lowest BCUT2D eigenvalue weighted by Crippen LogP contribution is -2.16. The maximum Gasteiger partial charge on any atom is 0.247 e. The number of thioether (sulfide) groups is 1. The smallest absolute Gasteiger partial charge is 0.247 e. The highest BCUT2D eigenvalue weighted by Gasteiger charge is 2.23. The van der Waals surface area contributed by atoms with Crippen LogP contribution in [0, 0.1) is 6.92 Å². The van der Waals surface area contributed by atoms with Gasteiger partial charge in [-0.25, -0.2) is 0 Å². The van der Waals surface area contributed by atoms with Gasteiger partial charge in [0.05, 0.1) is 18.4 Å². The third-order valence-electron chi connectivity index (χ3n) is 6.05. The highest BCUT2D eigenvalue weighted by molar-refractivity contribution is 7.98. The predicted molar refractivity (Wildman–Crippen MR) is 130 cm³/mol. The molecule has 1 atom stereocenters. The summed E-state index contributed by atoms with van der Waals surface area (Å²) in [6, 6.07) is 16.3. The lowest BCUT2D eigenvalue weighted by atomic mass is 10.1. The summed E-state index contributed by atoms with van der Waals surface area (Å²) in [5.41, 5.74) is 4.22. The van der Waals surface area contributed by atoms with E-state index < -0.39 is 0 Å². The zero-order valence-electron chi connectivity index (χ0n) is 18.8. The monoisotopic (exact) mass is 472 g/mol. The number of rotatable bonds is 7. The van der Waals surface area contributed by atoms with Crippen LogP contribution in [-0.4, -0.2) is 42.7 Å². The summed E-state index contributed by atoms with van der Waals surface area (Å²) < 4.78 is 14.0. The molecule has 1 fully saturated rings. The van der Waals surface area contributed by atoms with E-state index in [1.165, 1.54) is 5.56 Å². The first-order chi connectivity index (χ1) is 16.7. The van der Waals surface area contributed by atoms with E-state index in [1.807, 2.05) is 42.6 Å². The zero-order chi connectivity index (χ0) is 22.9. The number of H-pyrrole nitrogens is 1. The van der Waals surface area contributed by atoms with Gasteiger partial charge < -0.3 is 14.1 Å². The quantitative estimate of drug-likeness (QED) is 0.323. The summed E-state index contributed by atoms with van der Waals surface area (Å²) in [6.07, 6.45) is 4.29. The van der Waals surface area contributed by atoms with Crippen molar-refractivity contribution in [1.82, 2.24) is 29.9 Å². The molecule has 2 aromatic carbocycles. The van der Waals surface area contributed by atoms with E-state index in [1.54, 1.807) is 11.8 Å². The fourth-order valence-corrected chi connectivity index (χ4v) is 5.04. The molecule has 0 radical (unpaired) electrons. The minimum absolute atomic E-state index is 0.163. The lowest BCUT2D eigenvalue weighted by Gasteiger charge is -2.14. The van der Waals surface area contributed by atoms with Crippen molar-refractivity contribution >= 4 is 22.7 Å². The number of nitrogens with zero attached hydrogens (tertiary/aromatic N) is 5. The summed E-state index contributed by atoms with van der Waals surface area (Å²) in [6.45, 7) is 3.57. The largest absolute Gasteiger partial charge is 0.420 e. The zero-order valence-corrected chi connectivity index (χ0v) is 19.6. The summed E-state index contributed by atoms with van der Waals surface area (Å²) in [5.74, 6) is 2.43. The molecular weight excluding hydrogens is 448 g/mol. The van der Waals surface area contributed by atoms with Crippen LogP contribution in [-0.2, 0) is 17.0 Å². The Morgan fingerprint density at radius 1 is 1.06 bits per heavy atom.